The average Bonchev–Trinajstić information content (AvgIpc) is 2.69. The van der Waals surface area contributed by atoms with Crippen LogP contribution in [-0.2, 0) is 10.0 Å². The number of rotatable bonds is 5. The Hall–Kier alpha value is -2.45. The molecule has 0 spiro atoms. The van der Waals surface area contributed by atoms with Gasteiger partial charge in [0.2, 0.25) is 10.0 Å². The summed E-state index contributed by atoms with van der Waals surface area (Å²) in [4.78, 5) is 19.0. The third-order valence-corrected chi connectivity index (χ3v) is 6.77. The van der Waals surface area contributed by atoms with E-state index < -0.39 is 10.0 Å². The largest absolute Gasteiger partial charge is 0.363 e. The Morgan fingerprint density at radius 3 is 2.43 bits per heavy atom. The van der Waals surface area contributed by atoms with E-state index in [9.17, 15) is 13.2 Å². The highest BCUT2D eigenvalue weighted by molar-refractivity contribution is 7.89. The van der Waals surface area contributed by atoms with Crippen molar-refractivity contribution < 1.29 is 13.2 Å². The number of amides is 1. The zero-order valence-electron chi connectivity index (χ0n) is 16.5. The SMILES string of the molecule is Cc1ccc(S(=O)(=O)N2CCCCC2)cc1C(=O)Nc1ccc(N(C)C)nc1. The maximum atomic E-state index is 12.9. The Kier molecular flexibility index (Phi) is 6.00. The summed E-state index contributed by atoms with van der Waals surface area (Å²) in [6, 6.07) is 8.29. The molecule has 0 bridgehead atoms. The van der Waals surface area contributed by atoms with Crippen LogP contribution in [-0.4, -0.2) is 50.8 Å². The normalized spacial score (nSPS) is 15.2. The third kappa shape index (κ3) is 4.34. The monoisotopic (exact) mass is 402 g/mol. The van der Waals surface area contributed by atoms with Crippen LogP contribution in [0.1, 0.15) is 35.2 Å². The van der Waals surface area contributed by atoms with Crippen LogP contribution in [0.25, 0.3) is 0 Å². The quantitative estimate of drug-likeness (QED) is 0.832. The first-order valence-electron chi connectivity index (χ1n) is 9.34. The zero-order valence-corrected chi connectivity index (χ0v) is 17.3. The molecule has 1 aliphatic heterocycles. The van der Waals surface area contributed by atoms with Gasteiger partial charge < -0.3 is 10.2 Å². The summed E-state index contributed by atoms with van der Waals surface area (Å²) in [5, 5.41) is 2.80. The number of nitrogens with zero attached hydrogens (tertiary/aromatic N) is 3. The first kappa shape index (κ1) is 20.3. The van der Waals surface area contributed by atoms with Gasteiger partial charge in [-0.25, -0.2) is 13.4 Å². The molecule has 28 heavy (non-hydrogen) atoms. The lowest BCUT2D eigenvalue weighted by Gasteiger charge is -2.26. The second-order valence-corrected chi connectivity index (χ2v) is 9.13. The van der Waals surface area contributed by atoms with E-state index in [1.54, 1.807) is 37.4 Å². The minimum absolute atomic E-state index is 0.159. The van der Waals surface area contributed by atoms with Gasteiger partial charge in [-0.05, 0) is 49.6 Å². The summed E-state index contributed by atoms with van der Waals surface area (Å²) < 4.78 is 27.3. The van der Waals surface area contributed by atoms with Crippen LogP contribution < -0.4 is 10.2 Å². The Morgan fingerprint density at radius 2 is 1.82 bits per heavy atom. The van der Waals surface area contributed by atoms with Crippen molar-refractivity contribution in [3.63, 3.8) is 0 Å². The summed E-state index contributed by atoms with van der Waals surface area (Å²) in [7, 11) is 0.187. The summed E-state index contributed by atoms with van der Waals surface area (Å²) in [5.74, 6) is 0.427. The highest BCUT2D eigenvalue weighted by Crippen LogP contribution is 2.23. The molecule has 2 heterocycles. The smallest absolute Gasteiger partial charge is 0.256 e. The first-order chi connectivity index (χ1) is 13.3. The van der Waals surface area contributed by atoms with Crippen molar-refractivity contribution in [2.24, 2.45) is 0 Å². The lowest BCUT2D eigenvalue weighted by atomic mass is 10.1. The zero-order chi connectivity index (χ0) is 20.3. The maximum absolute atomic E-state index is 12.9. The minimum Gasteiger partial charge on any atom is -0.363 e. The minimum atomic E-state index is -3.59. The van der Waals surface area contributed by atoms with Gasteiger partial charge in [0.1, 0.15) is 5.82 Å². The van der Waals surface area contributed by atoms with E-state index in [1.807, 2.05) is 19.0 Å². The molecule has 1 aliphatic rings. The molecule has 3 rings (SSSR count). The van der Waals surface area contributed by atoms with Crippen molar-refractivity contribution in [2.45, 2.75) is 31.1 Å². The van der Waals surface area contributed by atoms with Crippen LogP contribution in [0.4, 0.5) is 11.5 Å². The number of pyridine rings is 1. The van der Waals surface area contributed by atoms with Gasteiger partial charge in [-0.1, -0.05) is 12.5 Å². The number of hydrogen-bond acceptors (Lipinski definition) is 5. The molecule has 2 aromatic rings. The number of aryl methyl sites for hydroxylation is 1. The third-order valence-electron chi connectivity index (χ3n) is 4.87. The van der Waals surface area contributed by atoms with Crippen molar-refractivity contribution >= 4 is 27.4 Å². The highest BCUT2D eigenvalue weighted by atomic mass is 32.2. The summed E-state index contributed by atoms with van der Waals surface area (Å²) >= 11 is 0. The van der Waals surface area contributed by atoms with E-state index in [0.717, 1.165) is 25.1 Å². The van der Waals surface area contributed by atoms with Gasteiger partial charge in [0.05, 0.1) is 16.8 Å². The molecule has 7 nitrogen and oxygen atoms in total. The van der Waals surface area contributed by atoms with Crippen LogP contribution >= 0.6 is 0 Å². The van der Waals surface area contributed by atoms with Crippen molar-refractivity contribution in [1.29, 1.82) is 0 Å². The molecule has 1 aromatic carbocycles. The van der Waals surface area contributed by atoms with Gasteiger partial charge in [0.25, 0.3) is 5.91 Å². The maximum Gasteiger partial charge on any atom is 0.256 e. The predicted molar refractivity (Wildman–Crippen MR) is 110 cm³/mol. The molecule has 8 heteroatoms. The van der Waals surface area contributed by atoms with E-state index in [-0.39, 0.29) is 10.8 Å². The molecule has 0 radical (unpaired) electrons. The molecular weight excluding hydrogens is 376 g/mol. The van der Waals surface area contributed by atoms with Crippen LogP contribution in [0.2, 0.25) is 0 Å². The van der Waals surface area contributed by atoms with Gasteiger partial charge in [0.15, 0.2) is 0 Å². The Morgan fingerprint density at radius 1 is 1.11 bits per heavy atom. The topological polar surface area (TPSA) is 82.6 Å². The molecule has 1 N–H and O–H groups in total. The molecule has 0 unspecified atom stereocenters. The molecule has 1 amide bonds. The summed E-state index contributed by atoms with van der Waals surface area (Å²) in [5.41, 5.74) is 1.61. The van der Waals surface area contributed by atoms with Gasteiger partial charge >= 0.3 is 0 Å². The highest BCUT2D eigenvalue weighted by Gasteiger charge is 2.27. The van der Waals surface area contributed by atoms with E-state index in [4.69, 9.17) is 0 Å². The number of aromatic nitrogens is 1. The van der Waals surface area contributed by atoms with Gasteiger partial charge in [-0.15, -0.1) is 0 Å². The standard InChI is InChI=1S/C20H26N4O3S/c1-15-7-9-17(28(26,27)24-11-5-4-6-12-24)13-18(15)20(25)22-16-8-10-19(21-14-16)23(2)3/h7-10,13-14H,4-6,11-12H2,1-3H3,(H,22,25). The number of nitrogens with one attached hydrogen (secondary N) is 1. The molecule has 150 valence electrons. The fraction of sp³-hybridized carbons (Fsp3) is 0.400. The Labute approximate surface area is 166 Å². The number of sulfonamides is 1. The van der Waals surface area contributed by atoms with Crippen LogP contribution in [0.15, 0.2) is 41.4 Å². The Bertz CT molecular complexity index is 950. The van der Waals surface area contributed by atoms with Crippen LogP contribution in [0.3, 0.4) is 0 Å². The fourth-order valence-corrected chi connectivity index (χ4v) is 4.73. The van der Waals surface area contributed by atoms with E-state index in [2.05, 4.69) is 10.3 Å². The molecule has 0 aliphatic carbocycles. The molecule has 1 saturated heterocycles. The number of carbonyl (C=O) groups excluding carboxylic acids is 1. The number of hydrogen-bond donors (Lipinski definition) is 1. The molecule has 0 saturated carbocycles. The van der Waals surface area contributed by atoms with Crippen LogP contribution in [0.5, 0.6) is 0 Å². The van der Waals surface area contributed by atoms with E-state index in [0.29, 0.717) is 29.9 Å². The van der Waals surface area contributed by atoms with E-state index >= 15 is 0 Å². The van der Waals surface area contributed by atoms with Crippen LogP contribution in [0, 0.1) is 6.92 Å². The second-order valence-electron chi connectivity index (χ2n) is 7.20. The van der Waals surface area contributed by atoms with Gasteiger partial charge in [0, 0.05) is 32.7 Å². The molecule has 0 atom stereocenters. The Balaban J connectivity index is 1.83. The number of piperidine rings is 1. The number of anilines is 2. The lowest BCUT2D eigenvalue weighted by Crippen LogP contribution is -2.35. The second kappa shape index (κ2) is 8.28. The predicted octanol–water partition coefficient (Wildman–Crippen LogP) is 2.88. The number of carbonyl (C=O) groups is 1. The van der Waals surface area contributed by atoms with Gasteiger partial charge in [-0.2, -0.15) is 4.31 Å². The fourth-order valence-electron chi connectivity index (χ4n) is 3.18. The van der Waals surface area contributed by atoms with Crippen molar-refractivity contribution in [3.05, 3.63) is 47.7 Å². The molecule has 1 aromatic heterocycles. The van der Waals surface area contributed by atoms with Crippen molar-refractivity contribution in [2.75, 3.05) is 37.4 Å². The average molecular weight is 403 g/mol. The van der Waals surface area contributed by atoms with Crippen molar-refractivity contribution in [3.8, 4) is 0 Å². The summed E-state index contributed by atoms with van der Waals surface area (Å²) in [6.07, 6.45) is 4.37. The van der Waals surface area contributed by atoms with E-state index in [1.165, 1.54) is 10.4 Å². The molecule has 1 fully saturated rings. The summed E-state index contributed by atoms with van der Waals surface area (Å²) in [6.45, 7) is 2.85. The van der Waals surface area contributed by atoms with Gasteiger partial charge in [-0.3, -0.25) is 4.79 Å². The van der Waals surface area contributed by atoms with Crippen molar-refractivity contribution in [1.82, 2.24) is 9.29 Å². The first-order valence-corrected chi connectivity index (χ1v) is 10.8. The number of benzene rings is 1. The lowest BCUT2D eigenvalue weighted by molar-refractivity contribution is 0.102. The molecular formula is C20H26N4O3S.